The van der Waals surface area contributed by atoms with Crippen LogP contribution in [-0.2, 0) is 9.59 Å². The van der Waals surface area contributed by atoms with Crippen molar-refractivity contribution in [3.8, 4) is 0 Å². The standard InChI is InChI=1S/C22H28N4O3/c1-4-5-13-23-22(29)17-7-6-8-19(14-17)25-21(28)15-24-18-9-11-20(12-10-18)26(3)16(2)27/h6-12,14,24H,4-5,13,15H2,1-3H3,(H,23,29)(H,25,28). The molecule has 3 amide bonds. The fourth-order valence-corrected chi connectivity index (χ4v) is 2.59. The van der Waals surface area contributed by atoms with Crippen LogP contribution < -0.4 is 20.9 Å². The zero-order valence-corrected chi connectivity index (χ0v) is 17.1. The Morgan fingerprint density at radius 1 is 1.00 bits per heavy atom. The molecule has 0 aliphatic rings. The van der Waals surface area contributed by atoms with Gasteiger partial charge in [0, 0.05) is 43.1 Å². The summed E-state index contributed by atoms with van der Waals surface area (Å²) in [7, 11) is 1.70. The minimum absolute atomic E-state index is 0.0497. The highest BCUT2D eigenvalue weighted by Crippen LogP contribution is 2.17. The van der Waals surface area contributed by atoms with Gasteiger partial charge in [-0.15, -0.1) is 0 Å². The van der Waals surface area contributed by atoms with Crippen LogP contribution in [0.5, 0.6) is 0 Å². The summed E-state index contributed by atoms with van der Waals surface area (Å²) in [5.41, 5.74) is 2.63. The maximum atomic E-state index is 12.2. The van der Waals surface area contributed by atoms with Crippen LogP contribution in [0.25, 0.3) is 0 Å². The van der Waals surface area contributed by atoms with E-state index < -0.39 is 0 Å². The van der Waals surface area contributed by atoms with Gasteiger partial charge in [0.2, 0.25) is 11.8 Å². The van der Waals surface area contributed by atoms with Gasteiger partial charge in [-0.2, -0.15) is 0 Å². The van der Waals surface area contributed by atoms with Crippen LogP contribution in [-0.4, -0.2) is 37.9 Å². The normalized spacial score (nSPS) is 10.2. The topological polar surface area (TPSA) is 90.5 Å². The average molecular weight is 396 g/mol. The minimum atomic E-state index is -0.224. The highest BCUT2D eigenvalue weighted by Gasteiger charge is 2.08. The van der Waals surface area contributed by atoms with Crippen molar-refractivity contribution in [2.24, 2.45) is 0 Å². The molecule has 154 valence electrons. The van der Waals surface area contributed by atoms with E-state index in [9.17, 15) is 14.4 Å². The molecule has 0 radical (unpaired) electrons. The van der Waals surface area contributed by atoms with Crippen molar-refractivity contribution in [3.05, 3.63) is 54.1 Å². The Bertz CT molecular complexity index is 849. The summed E-state index contributed by atoms with van der Waals surface area (Å²) < 4.78 is 0. The van der Waals surface area contributed by atoms with E-state index in [0.29, 0.717) is 17.8 Å². The molecule has 0 fully saturated rings. The molecular formula is C22H28N4O3. The molecule has 0 bridgehead atoms. The Hall–Kier alpha value is -3.35. The highest BCUT2D eigenvalue weighted by molar-refractivity contribution is 5.98. The number of amides is 3. The molecule has 0 saturated heterocycles. The Balaban J connectivity index is 1.87. The Labute approximate surface area is 171 Å². The monoisotopic (exact) mass is 396 g/mol. The molecule has 0 saturated carbocycles. The summed E-state index contributed by atoms with van der Waals surface area (Å²) >= 11 is 0. The number of hydrogen-bond donors (Lipinski definition) is 3. The van der Waals surface area contributed by atoms with Crippen LogP contribution in [0.3, 0.4) is 0 Å². The molecule has 29 heavy (non-hydrogen) atoms. The molecule has 0 spiro atoms. The second-order valence-corrected chi connectivity index (χ2v) is 6.72. The Morgan fingerprint density at radius 3 is 2.38 bits per heavy atom. The molecule has 2 aromatic carbocycles. The molecule has 0 heterocycles. The molecule has 2 aromatic rings. The molecule has 0 atom stereocenters. The first kappa shape index (κ1) is 21.9. The van der Waals surface area contributed by atoms with Gasteiger partial charge in [0.1, 0.15) is 0 Å². The third-order valence-electron chi connectivity index (χ3n) is 4.40. The van der Waals surface area contributed by atoms with E-state index in [2.05, 4.69) is 22.9 Å². The van der Waals surface area contributed by atoms with Crippen LogP contribution >= 0.6 is 0 Å². The molecule has 3 N–H and O–H groups in total. The van der Waals surface area contributed by atoms with Gasteiger partial charge in [-0.3, -0.25) is 14.4 Å². The lowest BCUT2D eigenvalue weighted by molar-refractivity contribution is -0.116. The van der Waals surface area contributed by atoms with Crippen molar-refractivity contribution >= 4 is 34.8 Å². The van der Waals surface area contributed by atoms with Crippen LogP contribution in [0, 0.1) is 0 Å². The molecule has 0 aliphatic heterocycles. The lowest BCUT2D eigenvalue weighted by atomic mass is 10.2. The van der Waals surface area contributed by atoms with Gasteiger partial charge in [-0.1, -0.05) is 19.4 Å². The van der Waals surface area contributed by atoms with Crippen LogP contribution in [0.1, 0.15) is 37.0 Å². The van der Waals surface area contributed by atoms with E-state index in [4.69, 9.17) is 0 Å². The number of hydrogen-bond acceptors (Lipinski definition) is 4. The highest BCUT2D eigenvalue weighted by atomic mass is 16.2. The summed E-state index contributed by atoms with van der Waals surface area (Å²) in [5.74, 6) is -0.423. The summed E-state index contributed by atoms with van der Waals surface area (Å²) in [6.07, 6.45) is 1.94. The van der Waals surface area contributed by atoms with Gasteiger partial charge in [-0.05, 0) is 48.9 Å². The predicted molar refractivity (Wildman–Crippen MR) is 116 cm³/mol. The van der Waals surface area contributed by atoms with Gasteiger partial charge in [0.05, 0.1) is 6.54 Å². The first-order chi connectivity index (χ1) is 13.9. The molecule has 2 rings (SSSR count). The second-order valence-electron chi connectivity index (χ2n) is 6.72. The van der Waals surface area contributed by atoms with Crippen molar-refractivity contribution in [1.29, 1.82) is 0 Å². The van der Waals surface area contributed by atoms with E-state index >= 15 is 0 Å². The maximum absolute atomic E-state index is 12.2. The van der Waals surface area contributed by atoms with Gasteiger partial charge in [0.15, 0.2) is 0 Å². The summed E-state index contributed by atoms with van der Waals surface area (Å²) in [6.45, 7) is 4.28. The van der Waals surface area contributed by atoms with Gasteiger partial charge < -0.3 is 20.9 Å². The van der Waals surface area contributed by atoms with Crippen molar-refractivity contribution in [3.63, 3.8) is 0 Å². The van der Waals surface area contributed by atoms with Gasteiger partial charge in [0.25, 0.3) is 5.91 Å². The number of nitrogens with one attached hydrogen (secondary N) is 3. The minimum Gasteiger partial charge on any atom is -0.376 e. The third-order valence-corrected chi connectivity index (χ3v) is 4.40. The number of nitrogens with zero attached hydrogens (tertiary/aromatic N) is 1. The predicted octanol–water partition coefficient (Wildman–Crippen LogP) is 3.25. The van der Waals surface area contributed by atoms with Crippen molar-refractivity contribution in [2.45, 2.75) is 26.7 Å². The smallest absolute Gasteiger partial charge is 0.251 e. The first-order valence-electron chi connectivity index (χ1n) is 9.67. The molecule has 7 heteroatoms. The number of rotatable bonds is 9. The van der Waals surface area contributed by atoms with E-state index in [1.165, 1.54) is 6.92 Å². The number of carbonyl (C=O) groups is 3. The van der Waals surface area contributed by atoms with Gasteiger partial charge >= 0.3 is 0 Å². The van der Waals surface area contributed by atoms with Gasteiger partial charge in [-0.25, -0.2) is 0 Å². The third kappa shape index (κ3) is 6.95. The molecule has 0 aromatic heterocycles. The molecule has 7 nitrogen and oxygen atoms in total. The van der Waals surface area contributed by atoms with E-state index in [1.807, 2.05) is 24.3 Å². The fraction of sp³-hybridized carbons (Fsp3) is 0.318. The zero-order chi connectivity index (χ0) is 21.2. The maximum Gasteiger partial charge on any atom is 0.251 e. The summed E-state index contributed by atoms with van der Waals surface area (Å²) in [5, 5.41) is 8.68. The number of anilines is 3. The van der Waals surface area contributed by atoms with E-state index in [1.54, 1.807) is 36.2 Å². The van der Waals surface area contributed by atoms with E-state index in [0.717, 1.165) is 24.2 Å². The Kier molecular flexibility index (Phi) is 8.21. The lowest BCUT2D eigenvalue weighted by Gasteiger charge is -2.15. The van der Waals surface area contributed by atoms with Crippen LogP contribution in [0.15, 0.2) is 48.5 Å². The number of benzene rings is 2. The zero-order valence-electron chi connectivity index (χ0n) is 17.1. The molecule has 0 unspecified atom stereocenters. The second kappa shape index (κ2) is 10.8. The van der Waals surface area contributed by atoms with Crippen LogP contribution in [0.2, 0.25) is 0 Å². The SMILES string of the molecule is CCCCNC(=O)c1cccc(NC(=O)CNc2ccc(N(C)C(C)=O)cc2)c1. The van der Waals surface area contributed by atoms with Crippen LogP contribution in [0.4, 0.5) is 17.1 Å². The number of unbranched alkanes of at least 4 members (excludes halogenated alkanes) is 1. The first-order valence-corrected chi connectivity index (χ1v) is 9.67. The molecule has 0 aliphatic carbocycles. The van der Waals surface area contributed by atoms with Crippen molar-refractivity contribution in [2.75, 3.05) is 35.7 Å². The summed E-state index contributed by atoms with van der Waals surface area (Å²) in [4.78, 5) is 37.3. The van der Waals surface area contributed by atoms with Crippen molar-refractivity contribution in [1.82, 2.24) is 5.32 Å². The molecular weight excluding hydrogens is 368 g/mol. The van der Waals surface area contributed by atoms with E-state index in [-0.39, 0.29) is 24.3 Å². The largest absolute Gasteiger partial charge is 0.376 e. The fourth-order valence-electron chi connectivity index (χ4n) is 2.59. The number of carbonyl (C=O) groups excluding carboxylic acids is 3. The summed E-state index contributed by atoms with van der Waals surface area (Å²) in [6, 6.07) is 14.1. The average Bonchev–Trinajstić information content (AvgIpc) is 2.72. The lowest BCUT2D eigenvalue weighted by Crippen LogP contribution is -2.25. The van der Waals surface area contributed by atoms with Crippen molar-refractivity contribution < 1.29 is 14.4 Å². The quantitative estimate of drug-likeness (QED) is 0.568. The Morgan fingerprint density at radius 2 is 1.72 bits per heavy atom.